The van der Waals surface area contributed by atoms with Gasteiger partial charge in [0.15, 0.2) is 0 Å². The van der Waals surface area contributed by atoms with Gasteiger partial charge in [-0.2, -0.15) is 0 Å². The molecule has 0 unspecified atom stereocenters. The molecule has 0 fully saturated rings. The van der Waals surface area contributed by atoms with E-state index >= 15 is 0 Å². The first-order chi connectivity index (χ1) is 9.22. The molecule has 2 aromatic carbocycles. The Morgan fingerprint density at radius 3 is 1.37 bits per heavy atom. The molecule has 0 atom stereocenters. The molecule has 1 aromatic heterocycles. The van der Waals surface area contributed by atoms with Gasteiger partial charge in [0, 0.05) is 0 Å². The van der Waals surface area contributed by atoms with E-state index in [9.17, 15) is 0 Å². The maximum absolute atomic E-state index is 4.35. The number of hydrogen-bond acceptors (Lipinski definition) is 2. The van der Waals surface area contributed by atoms with Crippen LogP contribution in [0.4, 0.5) is 0 Å². The van der Waals surface area contributed by atoms with Gasteiger partial charge in [0.1, 0.15) is 0 Å². The third-order valence-corrected chi connectivity index (χ3v) is 5.17. The van der Waals surface area contributed by atoms with Crippen LogP contribution < -0.4 is 0 Å². The SMILES string of the molecule is Cc1ccc(-c2nnc(-c3ccc(C)cc3)[se]2)cc1. The zero-order valence-electron chi connectivity index (χ0n) is 10.9. The summed E-state index contributed by atoms with van der Waals surface area (Å²) in [5, 5.41) is 8.70. The Hall–Kier alpha value is -1.70. The van der Waals surface area contributed by atoms with Crippen LogP contribution in [0.25, 0.3) is 20.3 Å². The molecular weight excluding hydrogens is 299 g/mol. The molecule has 0 aliphatic carbocycles. The molecule has 0 bridgehead atoms. The van der Waals surface area contributed by atoms with Crippen LogP contribution in [-0.4, -0.2) is 24.7 Å². The van der Waals surface area contributed by atoms with E-state index in [1.165, 1.54) is 22.3 Å². The van der Waals surface area contributed by atoms with E-state index in [1.807, 2.05) is 0 Å². The van der Waals surface area contributed by atoms with Crippen molar-refractivity contribution in [3.63, 3.8) is 0 Å². The van der Waals surface area contributed by atoms with Gasteiger partial charge in [-0.25, -0.2) is 0 Å². The second kappa shape index (κ2) is 5.12. The van der Waals surface area contributed by atoms with Crippen molar-refractivity contribution >= 4 is 14.5 Å². The van der Waals surface area contributed by atoms with Crippen molar-refractivity contribution in [2.75, 3.05) is 0 Å². The first-order valence-electron chi connectivity index (χ1n) is 6.20. The van der Waals surface area contributed by atoms with Gasteiger partial charge in [-0.05, 0) is 0 Å². The number of rotatable bonds is 2. The molecule has 94 valence electrons. The van der Waals surface area contributed by atoms with Gasteiger partial charge in [-0.15, -0.1) is 0 Å². The van der Waals surface area contributed by atoms with E-state index in [4.69, 9.17) is 0 Å². The van der Waals surface area contributed by atoms with Gasteiger partial charge >= 0.3 is 118 Å². The summed E-state index contributed by atoms with van der Waals surface area (Å²) in [6.07, 6.45) is 0. The molecule has 1 heterocycles. The predicted molar refractivity (Wildman–Crippen MR) is 79.3 cm³/mol. The summed E-state index contributed by atoms with van der Waals surface area (Å²) in [6.45, 7) is 4.19. The monoisotopic (exact) mass is 314 g/mol. The van der Waals surface area contributed by atoms with Crippen molar-refractivity contribution in [3.05, 3.63) is 59.7 Å². The molecule has 3 rings (SSSR count). The average molecular weight is 313 g/mol. The van der Waals surface area contributed by atoms with Crippen LogP contribution in [-0.2, 0) is 0 Å². The summed E-state index contributed by atoms with van der Waals surface area (Å²) in [5.41, 5.74) is 4.93. The number of benzene rings is 2. The third-order valence-electron chi connectivity index (χ3n) is 3.02. The molecule has 0 spiro atoms. The number of hydrogen-bond donors (Lipinski definition) is 0. The van der Waals surface area contributed by atoms with Crippen LogP contribution in [0.1, 0.15) is 11.1 Å². The molecule has 0 amide bonds. The maximum atomic E-state index is 4.35. The molecule has 3 heteroatoms. The van der Waals surface area contributed by atoms with Crippen LogP contribution in [0.3, 0.4) is 0 Å². The fourth-order valence-electron chi connectivity index (χ4n) is 1.85. The van der Waals surface area contributed by atoms with Gasteiger partial charge in [0.25, 0.3) is 0 Å². The molecule has 2 nitrogen and oxygen atoms in total. The number of aromatic nitrogens is 2. The fraction of sp³-hybridized carbons (Fsp3) is 0.125. The molecule has 19 heavy (non-hydrogen) atoms. The fourth-order valence-corrected chi connectivity index (χ4v) is 3.64. The molecule has 0 saturated carbocycles. The summed E-state index contributed by atoms with van der Waals surface area (Å²) >= 11 is 0.199. The van der Waals surface area contributed by atoms with Crippen molar-refractivity contribution < 1.29 is 0 Å². The van der Waals surface area contributed by atoms with E-state index in [-0.39, 0.29) is 14.5 Å². The zero-order chi connectivity index (χ0) is 13.2. The zero-order valence-corrected chi connectivity index (χ0v) is 12.6. The average Bonchev–Trinajstić information content (AvgIpc) is 2.90. The Balaban J connectivity index is 1.95. The number of nitrogens with zero attached hydrogens (tertiary/aromatic N) is 2. The summed E-state index contributed by atoms with van der Waals surface area (Å²) in [6, 6.07) is 17.0. The Morgan fingerprint density at radius 1 is 0.632 bits per heavy atom. The van der Waals surface area contributed by atoms with Crippen molar-refractivity contribution in [1.82, 2.24) is 10.2 Å². The van der Waals surface area contributed by atoms with E-state index < -0.39 is 0 Å². The normalized spacial score (nSPS) is 10.6. The minimum atomic E-state index is 0.199. The van der Waals surface area contributed by atoms with Gasteiger partial charge in [0.05, 0.1) is 0 Å². The molecule has 0 radical (unpaired) electrons. The molecule has 0 aliphatic rings. The van der Waals surface area contributed by atoms with Crippen molar-refractivity contribution in [3.8, 4) is 20.3 Å². The Kier molecular flexibility index (Phi) is 3.32. The predicted octanol–water partition coefficient (Wildman–Crippen LogP) is 3.48. The summed E-state index contributed by atoms with van der Waals surface area (Å²) < 4.78 is 2.23. The van der Waals surface area contributed by atoms with Crippen LogP contribution in [0.5, 0.6) is 0 Å². The molecule has 0 aliphatic heterocycles. The van der Waals surface area contributed by atoms with Gasteiger partial charge in [-0.3, -0.25) is 0 Å². The van der Waals surface area contributed by atoms with Crippen LogP contribution in [0, 0.1) is 13.8 Å². The standard InChI is InChI=1S/C16H14N2Se/c1-11-3-7-13(8-4-11)15-17-18-16(19-15)14-9-5-12(2)6-10-14/h3-10H,1-2H3. The van der Waals surface area contributed by atoms with Crippen LogP contribution in [0.15, 0.2) is 48.5 Å². The molecule has 0 saturated heterocycles. The number of aryl methyl sites for hydroxylation is 2. The van der Waals surface area contributed by atoms with E-state index in [2.05, 4.69) is 72.6 Å². The second-order valence-corrected chi connectivity index (χ2v) is 6.70. The van der Waals surface area contributed by atoms with Crippen molar-refractivity contribution in [1.29, 1.82) is 0 Å². The van der Waals surface area contributed by atoms with E-state index in [0.717, 1.165) is 9.14 Å². The first-order valence-corrected chi connectivity index (χ1v) is 7.91. The molecule has 0 N–H and O–H groups in total. The molecular formula is C16H14N2Se. The minimum absolute atomic E-state index is 0.199. The Labute approximate surface area is 118 Å². The summed E-state index contributed by atoms with van der Waals surface area (Å²) in [5.74, 6) is 0. The summed E-state index contributed by atoms with van der Waals surface area (Å²) in [7, 11) is 0. The van der Waals surface area contributed by atoms with E-state index in [0.29, 0.717) is 0 Å². The van der Waals surface area contributed by atoms with Crippen molar-refractivity contribution in [2.45, 2.75) is 13.8 Å². The van der Waals surface area contributed by atoms with Crippen LogP contribution >= 0.6 is 0 Å². The van der Waals surface area contributed by atoms with E-state index in [1.54, 1.807) is 0 Å². The van der Waals surface area contributed by atoms with Crippen molar-refractivity contribution in [2.24, 2.45) is 0 Å². The third kappa shape index (κ3) is 2.67. The van der Waals surface area contributed by atoms with Gasteiger partial charge < -0.3 is 0 Å². The second-order valence-electron chi connectivity index (χ2n) is 4.64. The van der Waals surface area contributed by atoms with Crippen LogP contribution in [0.2, 0.25) is 0 Å². The first kappa shape index (κ1) is 12.3. The van der Waals surface area contributed by atoms with Gasteiger partial charge in [-0.1, -0.05) is 0 Å². The quantitative estimate of drug-likeness (QED) is 0.677. The Bertz CT molecular complexity index is 622. The topological polar surface area (TPSA) is 25.8 Å². The Morgan fingerprint density at radius 2 is 1.00 bits per heavy atom. The summed E-state index contributed by atoms with van der Waals surface area (Å²) in [4.78, 5) is 0. The van der Waals surface area contributed by atoms with Gasteiger partial charge in [0.2, 0.25) is 0 Å². The molecule has 3 aromatic rings.